The van der Waals surface area contributed by atoms with Crippen LogP contribution in [0.5, 0.6) is 0 Å². The fourth-order valence-corrected chi connectivity index (χ4v) is 9.81. The second-order valence-electron chi connectivity index (χ2n) is 22.1. The van der Waals surface area contributed by atoms with Crippen LogP contribution in [-0.2, 0) is 23.8 Å². The average molecular weight is 1090 g/mol. The van der Waals surface area contributed by atoms with E-state index < -0.39 is 67.4 Å². The lowest BCUT2D eigenvalue weighted by Gasteiger charge is -2.41. The van der Waals surface area contributed by atoms with Crippen molar-refractivity contribution in [3.8, 4) is 0 Å². The van der Waals surface area contributed by atoms with Crippen LogP contribution in [0.3, 0.4) is 0 Å². The van der Waals surface area contributed by atoms with E-state index in [1.165, 1.54) is 135 Å². The molecule has 1 aliphatic rings. The van der Waals surface area contributed by atoms with E-state index in [9.17, 15) is 35.1 Å². The summed E-state index contributed by atoms with van der Waals surface area (Å²) in [7, 11) is 0. The highest BCUT2D eigenvalue weighted by molar-refractivity contribution is 5.80. The highest BCUT2D eigenvalue weighted by Gasteiger charge is 2.47. The van der Waals surface area contributed by atoms with E-state index >= 15 is 0 Å². The third-order valence-corrected chi connectivity index (χ3v) is 14.9. The van der Waals surface area contributed by atoms with Crippen molar-refractivity contribution in [2.75, 3.05) is 13.2 Å². The van der Waals surface area contributed by atoms with Crippen molar-refractivity contribution < 1.29 is 49.3 Å². The van der Waals surface area contributed by atoms with Gasteiger partial charge in [0.2, 0.25) is 5.91 Å². The molecule has 77 heavy (non-hydrogen) atoms. The normalized spacial score (nSPS) is 19.4. The number of allylic oxidation sites excluding steroid dienone is 9. The lowest BCUT2D eigenvalue weighted by molar-refractivity contribution is -0.305. The molecule has 11 heteroatoms. The first-order valence-corrected chi connectivity index (χ1v) is 32.1. The highest BCUT2D eigenvalue weighted by atomic mass is 16.7. The van der Waals surface area contributed by atoms with Gasteiger partial charge >= 0.3 is 5.97 Å². The summed E-state index contributed by atoms with van der Waals surface area (Å²) in [5, 5.41) is 57.0. The van der Waals surface area contributed by atoms with Gasteiger partial charge in [-0.3, -0.25) is 9.59 Å². The van der Waals surface area contributed by atoms with Gasteiger partial charge in [0.15, 0.2) is 12.4 Å². The second-order valence-corrected chi connectivity index (χ2v) is 22.1. The van der Waals surface area contributed by atoms with E-state index in [0.717, 1.165) is 103 Å². The minimum atomic E-state index is -1.62. The Hall–Kier alpha value is -2.64. The van der Waals surface area contributed by atoms with Crippen molar-refractivity contribution in [3.63, 3.8) is 0 Å². The number of unbranched alkanes of at least 4 members (excludes halogenated alkanes) is 32. The standard InChI is InChI=1S/C66H119NO10/c1-4-7-10-13-16-19-22-25-26-27-28-29-30-31-32-33-34-36-39-42-45-48-51-54-61(71)77-64-63(73)62(72)60(55-68)76-66(64)75-56-57(58(69)52-49-46-43-40-37-24-21-18-15-12-9-6-3)67-65(74)59(70)53-50-47-44-41-38-35-23-20-17-14-11-8-5-2/h16,19,25-26,28-29,31-32,49,52,57-60,62-64,66,68-70,72-73H,4-15,17-18,20-24,27,30,33-48,50-51,53-56H2,1-3H3,(H,67,74)/b19-16-,26-25-,29-28-,32-31-,52-49+. The maximum atomic E-state index is 13.4. The quantitative estimate of drug-likeness (QED) is 0.0195. The number of hydrogen-bond donors (Lipinski definition) is 6. The summed E-state index contributed by atoms with van der Waals surface area (Å²) >= 11 is 0. The van der Waals surface area contributed by atoms with E-state index in [0.29, 0.717) is 19.3 Å². The predicted molar refractivity (Wildman–Crippen MR) is 320 cm³/mol. The van der Waals surface area contributed by atoms with E-state index in [1.807, 2.05) is 6.08 Å². The smallest absolute Gasteiger partial charge is 0.306 e. The summed E-state index contributed by atoms with van der Waals surface area (Å²) in [4.78, 5) is 26.5. The zero-order valence-electron chi connectivity index (χ0n) is 49.6. The maximum absolute atomic E-state index is 13.4. The first kappa shape index (κ1) is 72.4. The van der Waals surface area contributed by atoms with E-state index in [2.05, 4.69) is 74.7 Å². The van der Waals surface area contributed by atoms with Crippen molar-refractivity contribution in [2.45, 2.75) is 333 Å². The Labute approximate surface area is 471 Å². The van der Waals surface area contributed by atoms with Crippen LogP contribution in [0.25, 0.3) is 0 Å². The molecule has 8 atom stereocenters. The molecule has 0 spiro atoms. The van der Waals surface area contributed by atoms with Crippen molar-refractivity contribution in [3.05, 3.63) is 60.8 Å². The lowest BCUT2D eigenvalue weighted by atomic mass is 9.99. The topological polar surface area (TPSA) is 175 Å². The molecule has 0 bridgehead atoms. The van der Waals surface area contributed by atoms with Crippen molar-refractivity contribution >= 4 is 11.9 Å². The average Bonchev–Trinajstić information content (AvgIpc) is 3.43. The van der Waals surface area contributed by atoms with Crippen LogP contribution in [0.2, 0.25) is 0 Å². The highest BCUT2D eigenvalue weighted by Crippen LogP contribution is 2.26. The lowest BCUT2D eigenvalue weighted by Crippen LogP contribution is -2.61. The van der Waals surface area contributed by atoms with Crippen LogP contribution in [0.15, 0.2) is 60.8 Å². The van der Waals surface area contributed by atoms with Gasteiger partial charge in [-0.1, -0.05) is 268 Å². The fourth-order valence-electron chi connectivity index (χ4n) is 9.81. The van der Waals surface area contributed by atoms with Gasteiger partial charge in [-0.25, -0.2) is 0 Å². The number of aliphatic hydroxyl groups excluding tert-OH is 5. The van der Waals surface area contributed by atoms with Crippen LogP contribution >= 0.6 is 0 Å². The third-order valence-electron chi connectivity index (χ3n) is 14.9. The van der Waals surface area contributed by atoms with E-state index in [-0.39, 0.29) is 13.0 Å². The molecule has 0 aliphatic carbocycles. The molecule has 448 valence electrons. The zero-order valence-corrected chi connectivity index (χ0v) is 49.6. The number of carbonyl (C=O) groups excluding carboxylic acids is 2. The maximum Gasteiger partial charge on any atom is 0.306 e. The summed E-state index contributed by atoms with van der Waals surface area (Å²) in [6, 6.07) is -1.02. The molecule has 0 aromatic heterocycles. The number of nitrogens with one attached hydrogen (secondary N) is 1. The third kappa shape index (κ3) is 42.0. The molecule has 1 fully saturated rings. The van der Waals surface area contributed by atoms with Crippen LogP contribution in [0.4, 0.5) is 0 Å². The van der Waals surface area contributed by atoms with Crippen molar-refractivity contribution in [1.29, 1.82) is 0 Å². The zero-order chi connectivity index (χ0) is 56.1. The molecular weight excluding hydrogens is 967 g/mol. The summed E-state index contributed by atoms with van der Waals surface area (Å²) in [5.41, 5.74) is 0. The Kier molecular flexibility index (Phi) is 50.7. The Morgan fingerprint density at radius 3 is 1.36 bits per heavy atom. The Morgan fingerprint density at radius 2 is 0.896 bits per heavy atom. The first-order chi connectivity index (χ1) is 37.7. The largest absolute Gasteiger partial charge is 0.454 e. The summed E-state index contributed by atoms with van der Waals surface area (Å²) in [6.07, 6.45) is 56.8. The van der Waals surface area contributed by atoms with Gasteiger partial charge in [-0.15, -0.1) is 0 Å². The van der Waals surface area contributed by atoms with Crippen LogP contribution in [0, 0.1) is 0 Å². The van der Waals surface area contributed by atoms with Gasteiger partial charge in [0.05, 0.1) is 25.4 Å². The van der Waals surface area contributed by atoms with Gasteiger partial charge < -0.3 is 45.1 Å². The molecule has 11 nitrogen and oxygen atoms in total. The Balaban J connectivity index is 2.63. The molecule has 1 heterocycles. The van der Waals surface area contributed by atoms with Gasteiger partial charge in [0.25, 0.3) is 0 Å². The fraction of sp³-hybridized carbons (Fsp3) is 0.818. The van der Waals surface area contributed by atoms with Crippen LogP contribution in [-0.4, -0.2) is 99.6 Å². The van der Waals surface area contributed by atoms with Crippen LogP contribution < -0.4 is 5.32 Å². The molecule has 0 saturated carbocycles. The number of ether oxygens (including phenoxy) is 3. The van der Waals surface area contributed by atoms with Crippen molar-refractivity contribution in [2.24, 2.45) is 0 Å². The summed E-state index contributed by atoms with van der Waals surface area (Å²) in [6.45, 7) is 5.76. The van der Waals surface area contributed by atoms with E-state index in [1.54, 1.807) is 6.08 Å². The molecule has 0 aromatic rings. The summed E-state index contributed by atoms with van der Waals surface area (Å²) in [5.74, 6) is -1.20. The number of aliphatic hydroxyl groups is 5. The first-order valence-electron chi connectivity index (χ1n) is 32.1. The Morgan fingerprint density at radius 1 is 0.506 bits per heavy atom. The molecule has 1 amide bonds. The molecular formula is C66H119NO10. The molecule has 1 rings (SSSR count). The number of rotatable bonds is 54. The van der Waals surface area contributed by atoms with Crippen molar-refractivity contribution in [1.82, 2.24) is 5.32 Å². The number of amides is 1. The molecule has 1 aliphatic heterocycles. The van der Waals surface area contributed by atoms with Gasteiger partial charge in [-0.05, 0) is 70.6 Å². The minimum Gasteiger partial charge on any atom is -0.454 e. The SMILES string of the molecule is CCCCC/C=C\C/C=C\C/C=C\C/C=C\CCCCCCCCCC(=O)OC1C(OCC(NC(=O)C(O)CCCCCCCCCCCCCCC)C(O)/C=C/CCCCCCCCCCCC)OC(CO)C(O)C1O. The number of esters is 1. The Bertz CT molecular complexity index is 1480. The molecule has 1 saturated heterocycles. The molecule has 6 N–H and O–H groups in total. The molecule has 8 unspecified atom stereocenters. The van der Waals surface area contributed by atoms with E-state index in [4.69, 9.17) is 14.2 Å². The number of hydrogen-bond acceptors (Lipinski definition) is 10. The molecule has 0 aromatic carbocycles. The van der Waals surface area contributed by atoms with Gasteiger partial charge in [0, 0.05) is 6.42 Å². The number of carbonyl (C=O) groups is 2. The van der Waals surface area contributed by atoms with Gasteiger partial charge in [0.1, 0.15) is 24.4 Å². The monoisotopic (exact) mass is 1090 g/mol. The molecule has 0 radical (unpaired) electrons. The minimum absolute atomic E-state index is 0.111. The van der Waals surface area contributed by atoms with Crippen LogP contribution in [0.1, 0.15) is 284 Å². The second kappa shape index (κ2) is 54.0. The predicted octanol–water partition coefficient (Wildman–Crippen LogP) is 15.4. The summed E-state index contributed by atoms with van der Waals surface area (Å²) < 4.78 is 17.6. The van der Waals surface area contributed by atoms with Gasteiger partial charge in [-0.2, -0.15) is 0 Å².